The van der Waals surface area contributed by atoms with Crippen molar-refractivity contribution in [3.8, 4) is 5.69 Å². The highest BCUT2D eigenvalue weighted by Crippen LogP contribution is 2.28. The lowest BCUT2D eigenvalue weighted by molar-refractivity contribution is 0.610. The largest absolute Gasteiger partial charge is 0.358 e. The van der Waals surface area contributed by atoms with E-state index < -0.39 is 9.05 Å². The van der Waals surface area contributed by atoms with Crippen molar-refractivity contribution in [2.24, 2.45) is 0 Å². The molecule has 92 valence electrons. The molecule has 0 aliphatic carbocycles. The molecular weight excluding hydrogens is 276 g/mol. The second-order valence-corrected chi connectivity index (χ2v) is 6.14. The zero-order chi connectivity index (χ0) is 12.8. The Morgan fingerprint density at radius 3 is 2.61 bits per heavy atom. The number of nitrogens with zero attached hydrogens (tertiary/aromatic N) is 3. The van der Waals surface area contributed by atoms with Gasteiger partial charge in [0.1, 0.15) is 10.6 Å². The van der Waals surface area contributed by atoms with Gasteiger partial charge in [-0.25, -0.2) is 8.42 Å². The summed E-state index contributed by atoms with van der Waals surface area (Å²) in [6, 6.07) is 5.18. The first-order chi connectivity index (χ1) is 8.57. The molecule has 18 heavy (non-hydrogen) atoms. The highest BCUT2D eigenvalue weighted by Gasteiger charge is 2.18. The molecule has 0 aliphatic rings. The quantitative estimate of drug-likeness (QED) is 0.725. The molecule has 1 N–H and O–H groups in total. The lowest BCUT2D eigenvalue weighted by Crippen LogP contribution is -1.99. The minimum absolute atomic E-state index is 0.0492. The van der Waals surface area contributed by atoms with Gasteiger partial charge >= 0.3 is 0 Å². The van der Waals surface area contributed by atoms with Crippen molar-refractivity contribution < 1.29 is 8.42 Å². The van der Waals surface area contributed by atoms with Crippen molar-refractivity contribution in [2.75, 3.05) is 0 Å². The van der Waals surface area contributed by atoms with Gasteiger partial charge in [-0.3, -0.25) is 0 Å². The lowest BCUT2D eigenvalue weighted by atomic mass is 10.2. The van der Waals surface area contributed by atoms with E-state index in [-0.39, 0.29) is 4.90 Å². The van der Waals surface area contributed by atoms with E-state index in [0.717, 1.165) is 0 Å². The van der Waals surface area contributed by atoms with Gasteiger partial charge in [0.05, 0.1) is 17.9 Å². The number of H-pyrrole nitrogens is 1. The van der Waals surface area contributed by atoms with Crippen LogP contribution in [0.25, 0.3) is 16.6 Å². The first-order valence-corrected chi connectivity index (χ1v) is 7.30. The Hall–Kier alpha value is -1.86. The Bertz CT molecular complexity index is 808. The van der Waals surface area contributed by atoms with E-state index in [2.05, 4.69) is 15.2 Å². The number of nitrogens with one attached hydrogen (secondary N) is 1. The summed E-state index contributed by atoms with van der Waals surface area (Å²) in [6.07, 6.45) is 4.45. The monoisotopic (exact) mass is 282 g/mol. The molecule has 6 nitrogen and oxygen atoms in total. The summed E-state index contributed by atoms with van der Waals surface area (Å²) in [6.45, 7) is 0. The third-order valence-electron chi connectivity index (χ3n) is 2.55. The molecule has 0 radical (unpaired) electrons. The third-order valence-corrected chi connectivity index (χ3v) is 3.91. The van der Waals surface area contributed by atoms with Gasteiger partial charge in [-0.2, -0.15) is 10.2 Å². The summed E-state index contributed by atoms with van der Waals surface area (Å²) >= 11 is 0. The van der Waals surface area contributed by atoms with Crippen LogP contribution in [0.15, 0.2) is 41.7 Å². The second kappa shape index (κ2) is 3.82. The van der Waals surface area contributed by atoms with Gasteiger partial charge in [0.25, 0.3) is 9.05 Å². The third kappa shape index (κ3) is 1.68. The van der Waals surface area contributed by atoms with Crippen LogP contribution in [0.2, 0.25) is 0 Å². The standard InChI is InChI=1S/C10H7ClN4O2S/c11-18(16,17)9-6-12-10-7(9)2-1-3-8(10)15-13-4-5-14-15/h1-6,12H. The Morgan fingerprint density at radius 1 is 1.22 bits per heavy atom. The van der Waals surface area contributed by atoms with Crippen LogP contribution >= 0.6 is 10.7 Å². The molecule has 2 heterocycles. The van der Waals surface area contributed by atoms with Gasteiger partial charge in [0, 0.05) is 22.3 Å². The topological polar surface area (TPSA) is 80.6 Å². The van der Waals surface area contributed by atoms with Crippen LogP contribution in [0.3, 0.4) is 0 Å². The minimum Gasteiger partial charge on any atom is -0.358 e. The Kier molecular flexibility index (Phi) is 2.39. The van der Waals surface area contributed by atoms with Crippen LogP contribution < -0.4 is 0 Å². The molecule has 0 fully saturated rings. The molecule has 0 aliphatic heterocycles. The molecular formula is C10H7ClN4O2S. The van der Waals surface area contributed by atoms with E-state index in [4.69, 9.17) is 10.7 Å². The maximum Gasteiger partial charge on any atom is 0.263 e. The summed E-state index contributed by atoms with van der Waals surface area (Å²) in [7, 11) is 1.59. The fourth-order valence-corrected chi connectivity index (χ4v) is 2.84. The van der Waals surface area contributed by atoms with Crippen molar-refractivity contribution in [1.82, 2.24) is 20.0 Å². The van der Waals surface area contributed by atoms with Crippen LogP contribution in [0.5, 0.6) is 0 Å². The van der Waals surface area contributed by atoms with Gasteiger partial charge in [0.15, 0.2) is 0 Å². The highest BCUT2D eigenvalue weighted by atomic mass is 35.7. The van der Waals surface area contributed by atoms with Crippen molar-refractivity contribution in [3.05, 3.63) is 36.8 Å². The van der Waals surface area contributed by atoms with E-state index >= 15 is 0 Å². The normalized spacial score (nSPS) is 12.1. The number of aromatic amines is 1. The van der Waals surface area contributed by atoms with Gasteiger partial charge in [-0.05, 0) is 6.07 Å². The molecule has 0 atom stereocenters. The van der Waals surface area contributed by atoms with Gasteiger partial charge in [-0.15, -0.1) is 4.80 Å². The number of benzene rings is 1. The number of fused-ring (bicyclic) bond motifs is 1. The maximum atomic E-state index is 11.4. The van der Waals surface area contributed by atoms with E-state index in [1.54, 1.807) is 30.6 Å². The van der Waals surface area contributed by atoms with Crippen LogP contribution in [-0.2, 0) is 9.05 Å². The van der Waals surface area contributed by atoms with Crippen LogP contribution in [0, 0.1) is 0 Å². The summed E-state index contributed by atoms with van der Waals surface area (Å²) in [5, 5.41) is 8.54. The van der Waals surface area contributed by atoms with E-state index in [1.165, 1.54) is 11.0 Å². The molecule has 0 amide bonds. The van der Waals surface area contributed by atoms with E-state index in [0.29, 0.717) is 16.6 Å². The van der Waals surface area contributed by atoms with Gasteiger partial charge in [0.2, 0.25) is 0 Å². The maximum absolute atomic E-state index is 11.4. The van der Waals surface area contributed by atoms with Crippen LogP contribution in [-0.4, -0.2) is 28.4 Å². The number of hydrogen-bond donors (Lipinski definition) is 1. The molecule has 1 aromatic carbocycles. The fourth-order valence-electron chi connectivity index (χ4n) is 1.82. The lowest BCUT2D eigenvalue weighted by Gasteiger charge is -2.01. The SMILES string of the molecule is O=S(=O)(Cl)c1c[nH]c2c(-n3nccn3)cccc12. The van der Waals surface area contributed by atoms with Crippen molar-refractivity contribution in [3.63, 3.8) is 0 Å². The van der Waals surface area contributed by atoms with Crippen molar-refractivity contribution >= 4 is 30.6 Å². The smallest absolute Gasteiger partial charge is 0.263 e. The summed E-state index contributed by atoms with van der Waals surface area (Å²) in [4.78, 5) is 4.34. The summed E-state index contributed by atoms with van der Waals surface area (Å²) < 4.78 is 22.8. The highest BCUT2D eigenvalue weighted by molar-refractivity contribution is 8.14. The average Bonchev–Trinajstić information content (AvgIpc) is 2.96. The zero-order valence-electron chi connectivity index (χ0n) is 8.91. The Labute approximate surface area is 107 Å². The Balaban J connectivity index is 2.35. The van der Waals surface area contributed by atoms with Gasteiger partial charge in [-0.1, -0.05) is 12.1 Å². The number of hydrogen-bond acceptors (Lipinski definition) is 4. The molecule has 0 bridgehead atoms. The molecule has 3 aromatic rings. The molecule has 0 spiro atoms. The first-order valence-electron chi connectivity index (χ1n) is 4.99. The predicted octanol–water partition coefficient (Wildman–Crippen LogP) is 1.68. The number of aromatic nitrogens is 4. The minimum atomic E-state index is -3.78. The second-order valence-electron chi connectivity index (χ2n) is 3.61. The average molecular weight is 283 g/mol. The van der Waals surface area contributed by atoms with Gasteiger partial charge < -0.3 is 4.98 Å². The number of rotatable bonds is 2. The van der Waals surface area contributed by atoms with Crippen LogP contribution in [0.4, 0.5) is 0 Å². The first kappa shape index (κ1) is 11.2. The van der Waals surface area contributed by atoms with E-state index in [1.807, 2.05) is 0 Å². The number of para-hydroxylation sites is 1. The Morgan fingerprint density at radius 2 is 1.94 bits per heavy atom. The molecule has 0 unspecified atom stereocenters. The molecule has 0 saturated carbocycles. The molecule has 3 rings (SSSR count). The molecule has 2 aromatic heterocycles. The summed E-state index contributed by atoms with van der Waals surface area (Å²) in [5.74, 6) is 0. The van der Waals surface area contributed by atoms with Crippen molar-refractivity contribution in [2.45, 2.75) is 4.90 Å². The van der Waals surface area contributed by atoms with Crippen LogP contribution in [0.1, 0.15) is 0 Å². The fraction of sp³-hybridized carbons (Fsp3) is 0. The predicted molar refractivity (Wildman–Crippen MR) is 66.3 cm³/mol. The van der Waals surface area contributed by atoms with Crippen molar-refractivity contribution in [1.29, 1.82) is 0 Å². The summed E-state index contributed by atoms with van der Waals surface area (Å²) in [5.41, 5.74) is 1.27. The van der Waals surface area contributed by atoms with E-state index in [9.17, 15) is 8.42 Å². The molecule has 8 heteroatoms. The molecule has 0 saturated heterocycles. The number of halogens is 1. The zero-order valence-corrected chi connectivity index (χ0v) is 10.5.